The molecule has 2 N–H and O–H groups in total. The Morgan fingerprint density at radius 2 is 2.04 bits per heavy atom. The van der Waals surface area contributed by atoms with Gasteiger partial charge in [-0.25, -0.2) is 0 Å². The van der Waals surface area contributed by atoms with Gasteiger partial charge < -0.3 is 10.4 Å². The van der Waals surface area contributed by atoms with Crippen LogP contribution < -0.4 is 5.32 Å². The lowest BCUT2D eigenvalue weighted by Crippen LogP contribution is -2.37. The zero-order valence-corrected chi connectivity index (χ0v) is 12.9. The number of hydrogen-bond donors (Lipinski definition) is 2. The fraction of sp³-hybridized carbons (Fsp3) is 0.500. The molecule has 1 saturated carbocycles. The third-order valence-electron chi connectivity index (χ3n) is 4.22. The minimum atomic E-state index is -0.468. The molecule has 0 bridgehead atoms. The first kappa shape index (κ1) is 15.6. The van der Waals surface area contributed by atoms with Gasteiger partial charge in [-0.2, -0.15) is 4.80 Å². The van der Waals surface area contributed by atoms with E-state index < -0.39 is 6.10 Å². The average molecular weight is 315 g/mol. The number of aliphatic hydroxyl groups is 1. The first-order chi connectivity index (χ1) is 11.2. The van der Waals surface area contributed by atoms with Crippen molar-refractivity contribution < 1.29 is 9.90 Å². The Morgan fingerprint density at radius 1 is 1.30 bits per heavy atom. The van der Waals surface area contributed by atoms with E-state index >= 15 is 0 Å². The van der Waals surface area contributed by atoms with E-state index in [-0.39, 0.29) is 19.0 Å². The number of amides is 1. The Labute approximate surface area is 134 Å². The molecule has 1 heterocycles. The van der Waals surface area contributed by atoms with Gasteiger partial charge in [0.15, 0.2) is 0 Å². The van der Waals surface area contributed by atoms with E-state index in [4.69, 9.17) is 0 Å². The van der Waals surface area contributed by atoms with E-state index in [1.54, 1.807) is 0 Å². The number of rotatable bonds is 6. The van der Waals surface area contributed by atoms with Gasteiger partial charge in [0.05, 0.1) is 6.10 Å². The van der Waals surface area contributed by atoms with E-state index in [9.17, 15) is 9.90 Å². The van der Waals surface area contributed by atoms with Crippen molar-refractivity contribution in [2.75, 3.05) is 6.54 Å². The molecule has 1 amide bonds. The minimum Gasteiger partial charge on any atom is -0.391 e. The molecule has 1 aliphatic rings. The smallest absolute Gasteiger partial charge is 0.243 e. The molecule has 1 atom stereocenters. The Hall–Kier alpha value is -2.28. The molecule has 7 nitrogen and oxygen atoms in total. The van der Waals surface area contributed by atoms with Crippen LogP contribution in [0, 0.1) is 5.92 Å². The zero-order valence-electron chi connectivity index (χ0n) is 12.9. The lowest BCUT2D eigenvalue weighted by molar-refractivity contribution is -0.122. The number of aromatic nitrogens is 4. The summed E-state index contributed by atoms with van der Waals surface area (Å²) in [5.74, 6) is 0.577. The molecule has 7 heteroatoms. The minimum absolute atomic E-state index is 0.00276. The molecule has 1 fully saturated rings. The second kappa shape index (κ2) is 7.32. The topological polar surface area (TPSA) is 92.9 Å². The van der Waals surface area contributed by atoms with Crippen LogP contribution in [0.3, 0.4) is 0 Å². The van der Waals surface area contributed by atoms with Gasteiger partial charge in [0.1, 0.15) is 6.54 Å². The molecule has 3 rings (SSSR count). The quantitative estimate of drug-likeness (QED) is 0.830. The first-order valence-corrected chi connectivity index (χ1v) is 8.00. The van der Waals surface area contributed by atoms with Gasteiger partial charge in [-0.3, -0.25) is 4.79 Å². The van der Waals surface area contributed by atoms with Gasteiger partial charge in [0.2, 0.25) is 11.7 Å². The molecule has 0 saturated heterocycles. The van der Waals surface area contributed by atoms with Gasteiger partial charge in [-0.15, -0.1) is 10.2 Å². The first-order valence-electron chi connectivity index (χ1n) is 8.00. The number of benzene rings is 1. The maximum Gasteiger partial charge on any atom is 0.243 e. The van der Waals surface area contributed by atoms with Crippen molar-refractivity contribution in [3.63, 3.8) is 0 Å². The predicted octanol–water partition coefficient (Wildman–Crippen LogP) is 1.01. The van der Waals surface area contributed by atoms with Crippen molar-refractivity contribution in [3.05, 3.63) is 30.3 Å². The van der Waals surface area contributed by atoms with Crippen LogP contribution in [0.4, 0.5) is 0 Å². The molecule has 0 aliphatic heterocycles. The normalized spacial score (nSPS) is 16.4. The lowest BCUT2D eigenvalue weighted by atomic mass is 10.0. The van der Waals surface area contributed by atoms with Crippen LogP contribution in [0.25, 0.3) is 11.4 Å². The number of nitrogens with one attached hydrogen (secondary N) is 1. The zero-order chi connectivity index (χ0) is 16.1. The van der Waals surface area contributed by atoms with Gasteiger partial charge in [-0.05, 0) is 24.0 Å². The summed E-state index contributed by atoms with van der Waals surface area (Å²) in [5, 5.41) is 24.8. The van der Waals surface area contributed by atoms with E-state index in [2.05, 4.69) is 20.7 Å². The summed E-state index contributed by atoms with van der Waals surface area (Å²) < 4.78 is 0. The highest BCUT2D eigenvalue weighted by atomic mass is 16.3. The van der Waals surface area contributed by atoms with Crippen LogP contribution >= 0.6 is 0 Å². The average Bonchev–Trinajstić information content (AvgIpc) is 3.25. The molecule has 2 aromatic rings. The lowest BCUT2D eigenvalue weighted by Gasteiger charge is -2.17. The monoisotopic (exact) mass is 315 g/mol. The van der Waals surface area contributed by atoms with Crippen molar-refractivity contribution in [3.8, 4) is 11.4 Å². The third kappa shape index (κ3) is 4.13. The fourth-order valence-corrected chi connectivity index (χ4v) is 2.92. The van der Waals surface area contributed by atoms with Crippen molar-refractivity contribution in [1.29, 1.82) is 0 Å². The van der Waals surface area contributed by atoms with Gasteiger partial charge in [0, 0.05) is 12.1 Å². The third-order valence-corrected chi connectivity index (χ3v) is 4.22. The molecular weight excluding hydrogens is 294 g/mol. The van der Waals surface area contributed by atoms with Crippen molar-refractivity contribution in [2.24, 2.45) is 5.92 Å². The van der Waals surface area contributed by atoms with Crippen LogP contribution in [-0.2, 0) is 11.3 Å². The number of carbonyl (C=O) groups is 1. The summed E-state index contributed by atoms with van der Waals surface area (Å²) >= 11 is 0. The maximum atomic E-state index is 11.9. The van der Waals surface area contributed by atoms with Crippen LogP contribution in [0.15, 0.2) is 30.3 Å². The molecule has 1 unspecified atom stereocenters. The summed E-state index contributed by atoms with van der Waals surface area (Å²) in [7, 11) is 0. The van der Waals surface area contributed by atoms with Gasteiger partial charge >= 0.3 is 0 Å². The second-order valence-corrected chi connectivity index (χ2v) is 5.93. The second-order valence-electron chi connectivity index (χ2n) is 5.93. The molecular formula is C16H21N5O2. The Kier molecular flexibility index (Phi) is 4.97. The molecule has 1 aromatic carbocycles. The highest BCUT2D eigenvalue weighted by Gasteiger charge is 2.23. The molecule has 1 aliphatic carbocycles. The Bertz CT molecular complexity index is 637. The predicted molar refractivity (Wildman–Crippen MR) is 84.2 cm³/mol. The van der Waals surface area contributed by atoms with Gasteiger partial charge in [0.25, 0.3) is 0 Å². The van der Waals surface area contributed by atoms with E-state index in [0.29, 0.717) is 11.7 Å². The number of tetrazole rings is 1. The Balaban J connectivity index is 1.49. The number of aliphatic hydroxyl groups excluding tert-OH is 1. The Morgan fingerprint density at radius 3 is 2.78 bits per heavy atom. The summed E-state index contributed by atoms with van der Waals surface area (Å²) in [6, 6.07) is 9.48. The highest BCUT2D eigenvalue weighted by molar-refractivity contribution is 5.75. The van der Waals surface area contributed by atoms with E-state index in [1.807, 2.05) is 30.3 Å². The molecule has 122 valence electrons. The number of nitrogens with zero attached hydrogens (tertiary/aromatic N) is 4. The summed E-state index contributed by atoms with van der Waals surface area (Å²) in [6.45, 7) is 0.279. The van der Waals surface area contributed by atoms with Crippen LogP contribution in [0.2, 0.25) is 0 Å². The summed E-state index contributed by atoms with van der Waals surface area (Å²) in [4.78, 5) is 13.2. The molecule has 1 aromatic heterocycles. The summed E-state index contributed by atoms with van der Waals surface area (Å²) in [6.07, 6.45) is 3.95. The van der Waals surface area contributed by atoms with Crippen LogP contribution in [0.1, 0.15) is 25.7 Å². The van der Waals surface area contributed by atoms with Crippen molar-refractivity contribution >= 4 is 5.91 Å². The summed E-state index contributed by atoms with van der Waals surface area (Å²) in [5.41, 5.74) is 0.857. The molecule has 0 spiro atoms. The van der Waals surface area contributed by atoms with Crippen molar-refractivity contribution in [2.45, 2.75) is 38.3 Å². The van der Waals surface area contributed by atoms with E-state index in [0.717, 1.165) is 18.4 Å². The largest absolute Gasteiger partial charge is 0.391 e. The van der Waals surface area contributed by atoms with E-state index in [1.165, 1.54) is 17.6 Å². The van der Waals surface area contributed by atoms with Crippen LogP contribution in [0.5, 0.6) is 0 Å². The maximum absolute atomic E-state index is 11.9. The number of carbonyl (C=O) groups excluding carboxylic acids is 1. The number of hydrogen-bond acceptors (Lipinski definition) is 5. The highest BCUT2D eigenvalue weighted by Crippen LogP contribution is 2.27. The van der Waals surface area contributed by atoms with Gasteiger partial charge in [-0.1, -0.05) is 43.2 Å². The fourth-order valence-electron chi connectivity index (χ4n) is 2.92. The van der Waals surface area contributed by atoms with Crippen LogP contribution in [-0.4, -0.2) is 43.9 Å². The molecule has 23 heavy (non-hydrogen) atoms. The standard InChI is InChI=1S/C16H21N5O2/c22-14(12-6-4-5-7-12)10-17-15(23)11-21-19-16(18-20-21)13-8-2-1-3-9-13/h1-3,8-9,12,14,22H,4-7,10-11H2,(H,17,23). The van der Waals surface area contributed by atoms with Crippen molar-refractivity contribution in [1.82, 2.24) is 25.5 Å². The SMILES string of the molecule is O=C(Cn1nnc(-c2ccccc2)n1)NCC(O)C1CCCC1. The molecule has 0 radical (unpaired) electrons.